The molecule has 0 unspecified atom stereocenters. The molecule has 35 heavy (non-hydrogen) atoms. The van der Waals surface area contributed by atoms with Crippen LogP contribution in [-0.2, 0) is 12.2 Å². The van der Waals surface area contributed by atoms with Crippen molar-refractivity contribution in [3.8, 4) is 5.69 Å². The molecule has 176 valence electrons. The smallest absolute Gasteiger partial charge is 0.273 e. The van der Waals surface area contributed by atoms with Gasteiger partial charge in [-0.3, -0.25) is 19.1 Å². The fraction of sp³-hybridized carbons (Fsp3) is 0.160. The predicted molar refractivity (Wildman–Crippen MR) is 136 cm³/mol. The molecule has 4 heterocycles. The lowest BCUT2D eigenvalue weighted by molar-refractivity contribution is 0.0949. The van der Waals surface area contributed by atoms with E-state index in [0.717, 1.165) is 16.9 Å². The first kappa shape index (κ1) is 23.0. The molecule has 0 aliphatic heterocycles. The Hall–Kier alpha value is -3.76. The second kappa shape index (κ2) is 10.2. The number of nitrogens with one attached hydrogen (secondary N) is 1. The lowest BCUT2D eigenvalue weighted by Crippen LogP contribution is -2.26. The molecule has 0 atom stereocenters. The number of carbonyl (C=O) groups excluding carboxylic acids is 1. The maximum absolute atomic E-state index is 13.3. The van der Waals surface area contributed by atoms with Crippen molar-refractivity contribution < 1.29 is 9.21 Å². The topological polar surface area (TPSA) is 103 Å². The average molecular weight is 504 g/mol. The van der Waals surface area contributed by atoms with Gasteiger partial charge < -0.3 is 9.73 Å². The van der Waals surface area contributed by atoms with Crippen molar-refractivity contribution in [2.45, 2.75) is 24.3 Å². The summed E-state index contributed by atoms with van der Waals surface area (Å²) in [5, 5.41) is 5.82. The van der Waals surface area contributed by atoms with Gasteiger partial charge >= 0.3 is 0 Å². The monoisotopic (exact) mass is 503 g/mol. The molecule has 0 bridgehead atoms. The zero-order valence-electron chi connectivity index (χ0n) is 18.8. The van der Waals surface area contributed by atoms with Gasteiger partial charge in [0.25, 0.3) is 11.5 Å². The molecule has 1 N–H and O–H groups in total. The van der Waals surface area contributed by atoms with Crippen LogP contribution in [0.2, 0.25) is 0 Å². The number of hydrogen-bond acceptors (Lipinski definition) is 8. The predicted octanol–water partition coefficient (Wildman–Crippen LogP) is 4.40. The molecule has 1 amide bonds. The molecular weight excluding hydrogens is 482 g/mol. The zero-order valence-corrected chi connectivity index (χ0v) is 20.4. The zero-order chi connectivity index (χ0) is 24.2. The molecule has 0 aliphatic rings. The van der Waals surface area contributed by atoms with Crippen LogP contribution in [-0.4, -0.2) is 32.0 Å². The van der Waals surface area contributed by atoms with E-state index in [-0.39, 0.29) is 17.2 Å². The second-order valence-corrected chi connectivity index (χ2v) is 9.54. The highest BCUT2D eigenvalue weighted by atomic mass is 32.2. The van der Waals surface area contributed by atoms with E-state index in [9.17, 15) is 9.59 Å². The average Bonchev–Trinajstić information content (AvgIpc) is 3.54. The Balaban J connectivity index is 1.31. The van der Waals surface area contributed by atoms with Gasteiger partial charge in [-0.25, -0.2) is 9.97 Å². The van der Waals surface area contributed by atoms with Crippen molar-refractivity contribution in [1.29, 1.82) is 0 Å². The van der Waals surface area contributed by atoms with E-state index in [0.29, 0.717) is 40.0 Å². The maximum atomic E-state index is 13.3. The van der Waals surface area contributed by atoms with Crippen LogP contribution in [0.25, 0.3) is 15.9 Å². The Morgan fingerprint density at radius 2 is 2.00 bits per heavy atom. The molecule has 0 aliphatic carbocycles. The Morgan fingerprint density at radius 3 is 2.83 bits per heavy atom. The third kappa shape index (κ3) is 5.03. The molecule has 5 rings (SSSR count). The highest BCUT2D eigenvalue weighted by molar-refractivity contribution is 7.98. The number of aromatic nitrogens is 4. The second-order valence-electron chi connectivity index (χ2n) is 7.70. The third-order valence-electron chi connectivity index (χ3n) is 5.33. The van der Waals surface area contributed by atoms with Gasteiger partial charge in [0.2, 0.25) is 5.89 Å². The number of hydrogen-bond donors (Lipinski definition) is 1. The summed E-state index contributed by atoms with van der Waals surface area (Å²) < 4.78 is 7.15. The van der Waals surface area contributed by atoms with E-state index in [4.69, 9.17) is 9.40 Å². The summed E-state index contributed by atoms with van der Waals surface area (Å²) in [4.78, 5) is 39.7. The van der Waals surface area contributed by atoms with Gasteiger partial charge in [0, 0.05) is 24.9 Å². The molecule has 0 saturated heterocycles. The Morgan fingerprint density at radius 1 is 1.14 bits per heavy atom. The highest BCUT2D eigenvalue weighted by Crippen LogP contribution is 2.27. The summed E-state index contributed by atoms with van der Waals surface area (Å²) in [5.74, 6) is 0.383. The molecular formula is C25H21N5O3S2. The fourth-order valence-electron chi connectivity index (χ4n) is 3.57. The molecule has 0 saturated carbocycles. The van der Waals surface area contributed by atoms with Gasteiger partial charge in [-0.2, -0.15) is 0 Å². The third-order valence-corrected chi connectivity index (χ3v) is 7.06. The number of pyridine rings is 1. The number of para-hydroxylation sites is 1. The Kier molecular flexibility index (Phi) is 6.73. The van der Waals surface area contributed by atoms with Crippen molar-refractivity contribution in [2.75, 3.05) is 6.54 Å². The van der Waals surface area contributed by atoms with E-state index >= 15 is 0 Å². The van der Waals surface area contributed by atoms with Crippen molar-refractivity contribution in [2.24, 2.45) is 0 Å². The quantitative estimate of drug-likeness (QED) is 0.247. The Labute approximate surface area is 209 Å². The number of amides is 1. The summed E-state index contributed by atoms with van der Waals surface area (Å²) in [6, 6.07) is 15.2. The van der Waals surface area contributed by atoms with Crippen LogP contribution in [0.5, 0.6) is 0 Å². The van der Waals surface area contributed by atoms with E-state index in [1.54, 1.807) is 16.8 Å². The largest absolute Gasteiger partial charge is 0.447 e. The van der Waals surface area contributed by atoms with E-state index in [1.165, 1.54) is 29.4 Å². The number of fused-ring (bicyclic) bond motifs is 1. The van der Waals surface area contributed by atoms with Crippen LogP contribution >= 0.6 is 23.1 Å². The van der Waals surface area contributed by atoms with Crippen LogP contribution in [0, 0.1) is 6.92 Å². The number of nitrogens with zero attached hydrogens (tertiary/aromatic N) is 4. The molecule has 0 spiro atoms. The molecule has 0 fully saturated rings. The maximum Gasteiger partial charge on any atom is 0.273 e. The number of oxazole rings is 1. The minimum Gasteiger partial charge on any atom is -0.447 e. The minimum absolute atomic E-state index is 0.117. The van der Waals surface area contributed by atoms with Gasteiger partial charge in [-0.15, -0.1) is 11.3 Å². The van der Waals surface area contributed by atoms with Gasteiger partial charge in [-0.05, 0) is 42.1 Å². The molecule has 0 radical (unpaired) electrons. The first-order valence-corrected chi connectivity index (χ1v) is 12.8. The standard InChI is InChI=1S/C25H21N5O3S2/c1-16-6-2-3-8-20(16)30-24(32)18-10-13-34-23(18)29-25(30)35-15-21-28-19(14-33-21)22(31)27-12-9-17-7-4-5-11-26-17/h2-8,10-11,13-14H,9,12,15H2,1H3,(H,27,31). The van der Waals surface area contributed by atoms with E-state index in [1.807, 2.05) is 54.8 Å². The molecule has 10 heteroatoms. The summed E-state index contributed by atoms with van der Waals surface area (Å²) in [6.07, 6.45) is 3.69. The molecule has 8 nitrogen and oxygen atoms in total. The van der Waals surface area contributed by atoms with Crippen molar-refractivity contribution >= 4 is 39.2 Å². The van der Waals surface area contributed by atoms with Crippen LogP contribution in [0.1, 0.15) is 27.6 Å². The molecule has 5 aromatic rings. The fourth-order valence-corrected chi connectivity index (χ4v) is 5.23. The Bertz CT molecular complexity index is 1540. The summed E-state index contributed by atoms with van der Waals surface area (Å²) in [6.45, 7) is 2.40. The first-order chi connectivity index (χ1) is 17.1. The minimum atomic E-state index is -0.309. The number of aryl methyl sites for hydroxylation is 1. The van der Waals surface area contributed by atoms with Crippen LogP contribution in [0.4, 0.5) is 0 Å². The van der Waals surface area contributed by atoms with Crippen LogP contribution in [0.15, 0.2) is 80.7 Å². The number of benzene rings is 1. The van der Waals surface area contributed by atoms with E-state index < -0.39 is 0 Å². The number of thioether (sulfide) groups is 1. The van der Waals surface area contributed by atoms with Crippen molar-refractivity contribution in [3.63, 3.8) is 0 Å². The molecule has 1 aromatic carbocycles. The van der Waals surface area contributed by atoms with Crippen LogP contribution in [0.3, 0.4) is 0 Å². The number of carbonyl (C=O) groups is 1. The van der Waals surface area contributed by atoms with Crippen LogP contribution < -0.4 is 10.9 Å². The van der Waals surface area contributed by atoms with Gasteiger partial charge in [0.15, 0.2) is 10.9 Å². The number of thiophene rings is 1. The number of rotatable bonds is 8. The van der Waals surface area contributed by atoms with Gasteiger partial charge in [0.1, 0.15) is 11.1 Å². The summed E-state index contributed by atoms with van der Waals surface area (Å²) in [7, 11) is 0. The van der Waals surface area contributed by atoms with E-state index in [2.05, 4.69) is 15.3 Å². The lowest BCUT2D eigenvalue weighted by Gasteiger charge is -2.13. The SMILES string of the molecule is Cc1ccccc1-n1c(SCc2nc(C(=O)NCCc3ccccn3)co2)nc2sccc2c1=O. The summed E-state index contributed by atoms with van der Waals surface area (Å²) >= 11 is 2.76. The first-order valence-electron chi connectivity index (χ1n) is 10.9. The van der Waals surface area contributed by atoms with Gasteiger partial charge in [0.05, 0.1) is 16.8 Å². The van der Waals surface area contributed by atoms with Gasteiger partial charge in [-0.1, -0.05) is 36.0 Å². The highest BCUT2D eigenvalue weighted by Gasteiger charge is 2.18. The molecule has 4 aromatic heterocycles. The normalized spacial score (nSPS) is 11.1. The summed E-state index contributed by atoms with van der Waals surface area (Å²) in [5.41, 5.74) is 2.74. The van der Waals surface area contributed by atoms with Crippen molar-refractivity contribution in [1.82, 2.24) is 24.8 Å². The lowest BCUT2D eigenvalue weighted by atomic mass is 10.2. The van der Waals surface area contributed by atoms with Crippen molar-refractivity contribution in [3.05, 3.63) is 99.6 Å².